The Morgan fingerprint density at radius 2 is 2.00 bits per heavy atom. The molecule has 6 nitrogen and oxygen atoms in total. The SMILES string of the molecule is CC(C)NC(=O)Nc1cccc(C(=O)NCc2ccco2)c1. The van der Waals surface area contributed by atoms with Crippen LogP contribution in [0.2, 0.25) is 0 Å². The highest BCUT2D eigenvalue weighted by molar-refractivity contribution is 5.96. The van der Waals surface area contributed by atoms with E-state index in [4.69, 9.17) is 4.42 Å². The number of hydrogen-bond donors (Lipinski definition) is 3. The quantitative estimate of drug-likeness (QED) is 0.794. The molecule has 1 aromatic carbocycles. The zero-order valence-electron chi connectivity index (χ0n) is 12.6. The van der Waals surface area contributed by atoms with E-state index >= 15 is 0 Å². The molecular formula is C16H19N3O3. The fraction of sp³-hybridized carbons (Fsp3) is 0.250. The van der Waals surface area contributed by atoms with Crippen LogP contribution in [0.25, 0.3) is 0 Å². The van der Waals surface area contributed by atoms with Gasteiger partial charge in [-0.25, -0.2) is 4.79 Å². The van der Waals surface area contributed by atoms with Gasteiger partial charge in [0.15, 0.2) is 0 Å². The first-order valence-electron chi connectivity index (χ1n) is 7.03. The van der Waals surface area contributed by atoms with Crippen molar-refractivity contribution < 1.29 is 14.0 Å². The second-order valence-electron chi connectivity index (χ2n) is 5.10. The lowest BCUT2D eigenvalue weighted by Crippen LogP contribution is -2.34. The first-order valence-corrected chi connectivity index (χ1v) is 7.03. The van der Waals surface area contributed by atoms with Crippen molar-refractivity contribution in [1.82, 2.24) is 10.6 Å². The summed E-state index contributed by atoms with van der Waals surface area (Å²) in [4.78, 5) is 23.7. The topological polar surface area (TPSA) is 83.4 Å². The minimum Gasteiger partial charge on any atom is -0.467 e. The molecule has 0 unspecified atom stereocenters. The van der Waals surface area contributed by atoms with Crippen molar-refractivity contribution in [1.29, 1.82) is 0 Å². The highest BCUT2D eigenvalue weighted by Crippen LogP contribution is 2.11. The van der Waals surface area contributed by atoms with Crippen LogP contribution in [0.1, 0.15) is 30.0 Å². The van der Waals surface area contributed by atoms with Crippen LogP contribution in [0.3, 0.4) is 0 Å². The Kier molecular flexibility index (Phi) is 5.19. The predicted octanol–water partition coefficient (Wildman–Crippen LogP) is 2.74. The summed E-state index contributed by atoms with van der Waals surface area (Å²) in [6, 6.07) is 10.0. The Hall–Kier alpha value is -2.76. The summed E-state index contributed by atoms with van der Waals surface area (Å²) in [5.74, 6) is 0.447. The van der Waals surface area contributed by atoms with Crippen molar-refractivity contribution >= 4 is 17.6 Å². The maximum Gasteiger partial charge on any atom is 0.319 e. The maximum absolute atomic E-state index is 12.1. The maximum atomic E-state index is 12.1. The highest BCUT2D eigenvalue weighted by Gasteiger charge is 2.08. The van der Waals surface area contributed by atoms with E-state index in [1.165, 1.54) is 0 Å². The zero-order chi connectivity index (χ0) is 15.9. The number of furan rings is 1. The minimum absolute atomic E-state index is 0.0415. The first kappa shape index (κ1) is 15.6. The van der Waals surface area contributed by atoms with E-state index in [1.54, 1.807) is 42.7 Å². The molecule has 0 aliphatic heterocycles. The Morgan fingerprint density at radius 1 is 1.18 bits per heavy atom. The standard InChI is InChI=1S/C16H19N3O3/c1-11(2)18-16(21)19-13-6-3-5-12(9-13)15(20)17-10-14-7-4-8-22-14/h3-9,11H,10H2,1-2H3,(H,17,20)(H2,18,19,21). The molecule has 1 aromatic heterocycles. The number of carbonyl (C=O) groups is 2. The average molecular weight is 301 g/mol. The summed E-state index contributed by atoms with van der Waals surface area (Å²) in [5, 5.41) is 8.16. The van der Waals surface area contributed by atoms with Gasteiger partial charge in [-0.15, -0.1) is 0 Å². The van der Waals surface area contributed by atoms with Crippen molar-refractivity contribution in [2.24, 2.45) is 0 Å². The molecule has 0 aliphatic rings. The summed E-state index contributed by atoms with van der Waals surface area (Å²) in [6.07, 6.45) is 1.55. The Balaban J connectivity index is 1.95. The lowest BCUT2D eigenvalue weighted by Gasteiger charge is -2.11. The Bertz CT molecular complexity index is 636. The molecule has 2 aromatic rings. The van der Waals surface area contributed by atoms with E-state index in [1.807, 2.05) is 13.8 Å². The van der Waals surface area contributed by atoms with Gasteiger partial charge in [-0.2, -0.15) is 0 Å². The molecule has 3 amide bonds. The molecule has 0 radical (unpaired) electrons. The fourth-order valence-electron chi connectivity index (χ4n) is 1.85. The van der Waals surface area contributed by atoms with E-state index in [-0.39, 0.29) is 18.0 Å². The molecule has 6 heteroatoms. The third-order valence-corrected chi connectivity index (χ3v) is 2.81. The van der Waals surface area contributed by atoms with Gasteiger partial charge in [-0.1, -0.05) is 6.07 Å². The van der Waals surface area contributed by atoms with Crippen molar-refractivity contribution in [3.05, 3.63) is 54.0 Å². The zero-order valence-corrected chi connectivity index (χ0v) is 12.6. The molecule has 0 aliphatic carbocycles. The third kappa shape index (κ3) is 4.66. The van der Waals surface area contributed by atoms with Crippen LogP contribution in [0.5, 0.6) is 0 Å². The third-order valence-electron chi connectivity index (χ3n) is 2.81. The van der Waals surface area contributed by atoms with Gasteiger partial charge in [-0.05, 0) is 44.2 Å². The highest BCUT2D eigenvalue weighted by atomic mass is 16.3. The molecule has 0 bridgehead atoms. The predicted molar refractivity (Wildman–Crippen MR) is 83.6 cm³/mol. The average Bonchev–Trinajstić information content (AvgIpc) is 2.97. The van der Waals surface area contributed by atoms with Gasteiger partial charge in [0.1, 0.15) is 5.76 Å². The van der Waals surface area contributed by atoms with Crippen LogP contribution in [0.15, 0.2) is 47.1 Å². The normalized spacial score (nSPS) is 10.3. The van der Waals surface area contributed by atoms with E-state index in [9.17, 15) is 9.59 Å². The van der Waals surface area contributed by atoms with Crippen molar-refractivity contribution in [3.63, 3.8) is 0 Å². The summed E-state index contributed by atoms with van der Waals surface area (Å²) >= 11 is 0. The Morgan fingerprint density at radius 3 is 2.68 bits per heavy atom. The van der Waals surface area contributed by atoms with Gasteiger partial charge in [-0.3, -0.25) is 4.79 Å². The smallest absolute Gasteiger partial charge is 0.319 e. The summed E-state index contributed by atoms with van der Waals surface area (Å²) in [5.41, 5.74) is 1.03. The van der Waals surface area contributed by atoms with Crippen molar-refractivity contribution in [2.45, 2.75) is 26.4 Å². The second-order valence-corrected chi connectivity index (χ2v) is 5.10. The van der Waals surface area contributed by atoms with Gasteiger partial charge >= 0.3 is 6.03 Å². The van der Waals surface area contributed by atoms with Gasteiger partial charge in [0.25, 0.3) is 5.91 Å². The number of rotatable bonds is 5. The van der Waals surface area contributed by atoms with Crippen molar-refractivity contribution in [2.75, 3.05) is 5.32 Å². The van der Waals surface area contributed by atoms with Crippen molar-refractivity contribution in [3.8, 4) is 0 Å². The number of carbonyl (C=O) groups excluding carboxylic acids is 2. The molecule has 0 saturated carbocycles. The lowest BCUT2D eigenvalue weighted by molar-refractivity contribution is 0.0948. The van der Waals surface area contributed by atoms with Crippen LogP contribution in [-0.4, -0.2) is 18.0 Å². The summed E-state index contributed by atoms with van der Waals surface area (Å²) < 4.78 is 5.15. The molecule has 0 atom stereocenters. The number of hydrogen-bond acceptors (Lipinski definition) is 3. The molecule has 1 heterocycles. The molecule has 2 rings (SSSR count). The van der Waals surface area contributed by atoms with E-state index < -0.39 is 0 Å². The number of anilines is 1. The van der Waals surface area contributed by atoms with Crippen LogP contribution in [0, 0.1) is 0 Å². The summed E-state index contributed by atoms with van der Waals surface area (Å²) in [7, 11) is 0. The van der Waals surface area contributed by atoms with E-state index in [0.29, 0.717) is 23.6 Å². The summed E-state index contributed by atoms with van der Waals surface area (Å²) in [6.45, 7) is 4.06. The van der Waals surface area contributed by atoms with E-state index in [0.717, 1.165) is 0 Å². The van der Waals surface area contributed by atoms with Crippen LogP contribution in [-0.2, 0) is 6.54 Å². The Labute approximate surface area is 128 Å². The van der Waals surface area contributed by atoms with Gasteiger partial charge in [0.2, 0.25) is 0 Å². The molecule has 0 fully saturated rings. The first-order chi connectivity index (χ1) is 10.5. The van der Waals surface area contributed by atoms with Crippen LogP contribution >= 0.6 is 0 Å². The van der Waals surface area contributed by atoms with Gasteiger partial charge < -0.3 is 20.4 Å². The largest absolute Gasteiger partial charge is 0.467 e. The van der Waals surface area contributed by atoms with Gasteiger partial charge in [0.05, 0.1) is 12.8 Å². The van der Waals surface area contributed by atoms with E-state index in [2.05, 4.69) is 16.0 Å². The molecule has 0 saturated heterocycles. The van der Waals surface area contributed by atoms with Crippen LogP contribution < -0.4 is 16.0 Å². The molecule has 0 spiro atoms. The number of amides is 3. The molecule has 116 valence electrons. The van der Waals surface area contributed by atoms with Gasteiger partial charge in [0, 0.05) is 17.3 Å². The number of benzene rings is 1. The monoisotopic (exact) mass is 301 g/mol. The molecule has 22 heavy (non-hydrogen) atoms. The number of nitrogens with one attached hydrogen (secondary N) is 3. The molecule has 3 N–H and O–H groups in total. The minimum atomic E-state index is -0.303. The lowest BCUT2D eigenvalue weighted by atomic mass is 10.2. The molecular weight excluding hydrogens is 282 g/mol. The second kappa shape index (κ2) is 7.31. The number of urea groups is 1. The fourth-order valence-corrected chi connectivity index (χ4v) is 1.85. The van der Waals surface area contributed by atoms with Crippen LogP contribution in [0.4, 0.5) is 10.5 Å².